The Hall–Kier alpha value is -2.90. The second-order valence-electron chi connectivity index (χ2n) is 7.54. The molecule has 142 valence electrons. The first-order valence-corrected chi connectivity index (χ1v) is 9.23. The second-order valence-corrected chi connectivity index (χ2v) is 7.54. The van der Waals surface area contributed by atoms with Crippen molar-refractivity contribution in [3.8, 4) is 0 Å². The van der Waals surface area contributed by atoms with Crippen LogP contribution in [0.2, 0.25) is 0 Å². The molecule has 5 amide bonds. The maximum absolute atomic E-state index is 12.6. The van der Waals surface area contributed by atoms with E-state index in [1.54, 1.807) is 36.1 Å². The number of anilines is 2. The molecule has 1 aromatic carbocycles. The average molecular weight is 370 g/mol. The van der Waals surface area contributed by atoms with Crippen molar-refractivity contribution in [2.75, 3.05) is 23.3 Å². The van der Waals surface area contributed by atoms with Gasteiger partial charge < -0.3 is 15.5 Å². The molecule has 1 aliphatic carbocycles. The number of hydrogen-bond donors (Lipinski definition) is 2. The summed E-state index contributed by atoms with van der Waals surface area (Å²) in [7, 11) is 0. The van der Waals surface area contributed by atoms with Gasteiger partial charge in [0.25, 0.3) is 5.91 Å². The molecule has 1 saturated carbocycles. The highest BCUT2D eigenvalue weighted by atomic mass is 16.2. The van der Waals surface area contributed by atoms with Gasteiger partial charge >= 0.3 is 6.03 Å². The van der Waals surface area contributed by atoms with Gasteiger partial charge in [0.15, 0.2) is 0 Å². The Morgan fingerprint density at radius 2 is 1.93 bits per heavy atom. The molecule has 2 saturated heterocycles. The van der Waals surface area contributed by atoms with Crippen LogP contribution >= 0.6 is 0 Å². The maximum Gasteiger partial charge on any atom is 0.325 e. The van der Waals surface area contributed by atoms with Crippen LogP contribution in [0.15, 0.2) is 24.3 Å². The van der Waals surface area contributed by atoms with Crippen LogP contribution in [0.1, 0.15) is 32.6 Å². The van der Waals surface area contributed by atoms with Gasteiger partial charge in [-0.05, 0) is 56.4 Å². The predicted octanol–water partition coefficient (Wildman–Crippen LogP) is 1.47. The number of amides is 5. The van der Waals surface area contributed by atoms with Crippen LogP contribution in [0.25, 0.3) is 0 Å². The van der Waals surface area contributed by atoms with Gasteiger partial charge in [-0.3, -0.25) is 19.3 Å². The van der Waals surface area contributed by atoms with E-state index in [1.807, 2.05) is 0 Å². The lowest BCUT2D eigenvalue weighted by Crippen LogP contribution is -2.46. The molecule has 1 aromatic rings. The third-order valence-corrected chi connectivity index (χ3v) is 5.53. The summed E-state index contributed by atoms with van der Waals surface area (Å²) < 4.78 is 0. The molecule has 2 heterocycles. The molecule has 27 heavy (non-hydrogen) atoms. The minimum Gasteiger partial charge on any atom is -0.325 e. The summed E-state index contributed by atoms with van der Waals surface area (Å²) >= 11 is 0. The Balaban J connectivity index is 1.37. The first-order chi connectivity index (χ1) is 12.9. The van der Waals surface area contributed by atoms with E-state index in [4.69, 9.17) is 0 Å². The third kappa shape index (κ3) is 3.15. The quantitative estimate of drug-likeness (QED) is 0.767. The zero-order valence-corrected chi connectivity index (χ0v) is 15.2. The molecule has 0 aromatic heterocycles. The number of hydrogen-bond acceptors (Lipinski definition) is 4. The topological polar surface area (TPSA) is 98.8 Å². The number of urea groups is 1. The van der Waals surface area contributed by atoms with Crippen molar-refractivity contribution < 1.29 is 19.2 Å². The predicted molar refractivity (Wildman–Crippen MR) is 98.0 cm³/mol. The highest BCUT2D eigenvalue weighted by molar-refractivity contribution is 6.10. The van der Waals surface area contributed by atoms with E-state index < -0.39 is 17.5 Å². The number of imide groups is 1. The number of benzene rings is 1. The van der Waals surface area contributed by atoms with E-state index in [9.17, 15) is 19.2 Å². The van der Waals surface area contributed by atoms with Gasteiger partial charge in [0.1, 0.15) is 12.1 Å². The number of carbonyl (C=O) groups is 4. The summed E-state index contributed by atoms with van der Waals surface area (Å²) in [5.74, 6) is -0.525. The van der Waals surface area contributed by atoms with Gasteiger partial charge in [-0.1, -0.05) is 0 Å². The second kappa shape index (κ2) is 6.37. The summed E-state index contributed by atoms with van der Waals surface area (Å²) in [6, 6.07) is 6.44. The van der Waals surface area contributed by atoms with Gasteiger partial charge in [-0.15, -0.1) is 0 Å². The van der Waals surface area contributed by atoms with Crippen molar-refractivity contribution in [3.05, 3.63) is 24.3 Å². The largest absolute Gasteiger partial charge is 0.325 e. The number of rotatable bonds is 5. The summed E-state index contributed by atoms with van der Waals surface area (Å²) in [5.41, 5.74) is 0.457. The average Bonchev–Trinajstić information content (AvgIpc) is 3.38. The Bertz CT molecular complexity index is 818. The van der Waals surface area contributed by atoms with E-state index in [2.05, 4.69) is 10.6 Å². The van der Waals surface area contributed by atoms with Crippen molar-refractivity contribution in [1.82, 2.24) is 10.2 Å². The molecule has 3 fully saturated rings. The van der Waals surface area contributed by atoms with Crippen LogP contribution in [-0.2, 0) is 14.4 Å². The van der Waals surface area contributed by atoms with Crippen LogP contribution in [0.3, 0.4) is 0 Å². The smallest absolute Gasteiger partial charge is 0.325 e. The molecule has 0 spiro atoms. The summed E-state index contributed by atoms with van der Waals surface area (Å²) in [4.78, 5) is 51.4. The first-order valence-electron chi connectivity index (χ1n) is 9.23. The lowest BCUT2D eigenvalue weighted by molar-refractivity contribution is -0.134. The normalized spacial score (nSPS) is 25.1. The summed E-state index contributed by atoms with van der Waals surface area (Å²) in [6.45, 7) is 2.11. The fraction of sp³-hybridized carbons (Fsp3) is 0.474. The van der Waals surface area contributed by atoms with Crippen molar-refractivity contribution in [1.29, 1.82) is 0 Å². The lowest BCUT2D eigenvalue weighted by Gasteiger charge is -2.20. The zero-order valence-electron chi connectivity index (χ0n) is 15.2. The van der Waals surface area contributed by atoms with Crippen molar-refractivity contribution in [3.63, 3.8) is 0 Å². The maximum atomic E-state index is 12.6. The fourth-order valence-electron chi connectivity index (χ4n) is 3.79. The number of nitrogens with zero attached hydrogens (tertiary/aromatic N) is 2. The first kappa shape index (κ1) is 17.5. The monoisotopic (exact) mass is 370 g/mol. The molecule has 2 N–H and O–H groups in total. The third-order valence-electron chi connectivity index (χ3n) is 5.53. The molecule has 2 aliphatic heterocycles. The van der Waals surface area contributed by atoms with Crippen LogP contribution in [0.4, 0.5) is 16.2 Å². The molecule has 8 heteroatoms. The van der Waals surface area contributed by atoms with Crippen molar-refractivity contribution in [2.45, 2.75) is 38.1 Å². The van der Waals surface area contributed by atoms with Gasteiger partial charge in [0, 0.05) is 24.3 Å². The van der Waals surface area contributed by atoms with Gasteiger partial charge in [-0.25, -0.2) is 4.79 Å². The minimum atomic E-state index is -0.888. The van der Waals surface area contributed by atoms with Gasteiger partial charge in [0.05, 0.1) is 0 Å². The zero-order chi connectivity index (χ0) is 19.2. The van der Waals surface area contributed by atoms with Crippen LogP contribution in [0, 0.1) is 5.92 Å². The number of nitrogens with one attached hydrogen (secondary N) is 2. The SMILES string of the molecule is C[C@@]1(C2CC2)NC(=O)N(CC(=O)Nc2ccc(N3CCCC3=O)cc2)C1=O. The van der Waals surface area contributed by atoms with Crippen LogP contribution < -0.4 is 15.5 Å². The highest BCUT2D eigenvalue weighted by Gasteiger charge is 2.56. The Labute approximate surface area is 156 Å². The molecular weight excluding hydrogens is 348 g/mol. The molecule has 3 aliphatic rings. The van der Waals surface area contributed by atoms with Gasteiger partial charge in [-0.2, -0.15) is 0 Å². The van der Waals surface area contributed by atoms with Crippen LogP contribution in [0.5, 0.6) is 0 Å². The molecule has 8 nitrogen and oxygen atoms in total. The molecule has 0 bridgehead atoms. The van der Waals surface area contributed by atoms with E-state index >= 15 is 0 Å². The molecular formula is C19H22N4O4. The summed E-state index contributed by atoms with van der Waals surface area (Å²) in [6.07, 6.45) is 3.23. The van der Waals surface area contributed by atoms with E-state index in [0.717, 1.165) is 29.8 Å². The molecule has 0 radical (unpaired) electrons. The van der Waals surface area contributed by atoms with E-state index in [-0.39, 0.29) is 24.3 Å². The Morgan fingerprint density at radius 3 is 2.52 bits per heavy atom. The lowest BCUT2D eigenvalue weighted by atomic mass is 9.96. The van der Waals surface area contributed by atoms with Crippen LogP contribution in [-0.4, -0.2) is 47.3 Å². The standard InChI is InChI=1S/C19H22N4O4/c1-19(12-4-5-12)17(26)23(18(27)21-19)11-15(24)20-13-6-8-14(9-7-13)22-10-2-3-16(22)25/h6-9,12H,2-5,10-11H2,1H3,(H,20,24)(H,21,27)/t19-/m0/s1. The molecule has 0 unspecified atom stereocenters. The minimum absolute atomic E-state index is 0.101. The fourth-order valence-corrected chi connectivity index (χ4v) is 3.79. The van der Waals surface area contributed by atoms with E-state index in [0.29, 0.717) is 18.7 Å². The van der Waals surface area contributed by atoms with Gasteiger partial charge in [0.2, 0.25) is 11.8 Å². The molecule has 4 rings (SSSR count). The molecule has 1 atom stereocenters. The highest BCUT2D eigenvalue weighted by Crippen LogP contribution is 2.42. The number of carbonyl (C=O) groups excluding carboxylic acids is 4. The summed E-state index contributed by atoms with van der Waals surface area (Å²) in [5, 5.41) is 5.42. The van der Waals surface area contributed by atoms with E-state index in [1.165, 1.54) is 0 Å². The Kier molecular flexibility index (Phi) is 4.13. The van der Waals surface area contributed by atoms with Crippen molar-refractivity contribution >= 4 is 35.1 Å². The van der Waals surface area contributed by atoms with Crippen molar-refractivity contribution in [2.24, 2.45) is 5.92 Å². The Morgan fingerprint density at radius 1 is 1.22 bits per heavy atom.